The zero-order valence-electron chi connectivity index (χ0n) is 13.6. The second kappa shape index (κ2) is 7.09. The van der Waals surface area contributed by atoms with Gasteiger partial charge in [-0.25, -0.2) is 0 Å². The van der Waals surface area contributed by atoms with Crippen molar-refractivity contribution in [1.29, 1.82) is 0 Å². The third-order valence-electron chi connectivity index (χ3n) is 3.78. The molecule has 0 heterocycles. The lowest BCUT2D eigenvalue weighted by atomic mass is 9.79. The van der Waals surface area contributed by atoms with E-state index in [4.69, 9.17) is 0 Å². The maximum Gasteiger partial charge on any atom is 0.00439 e. The fourth-order valence-corrected chi connectivity index (χ4v) is 2.87. The predicted molar refractivity (Wildman–Crippen MR) is 85.8 cm³/mol. The zero-order chi connectivity index (χ0) is 14.5. The first-order valence-corrected chi connectivity index (χ1v) is 7.63. The van der Waals surface area contributed by atoms with Gasteiger partial charge in [-0.2, -0.15) is 0 Å². The predicted octanol–water partition coefficient (Wildman–Crippen LogP) is 4.65. The highest BCUT2D eigenvalue weighted by molar-refractivity contribution is 5.31. The average molecular weight is 261 g/mol. The molecular formula is C18H31N. The van der Waals surface area contributed by atoms with Crippen molar-refractivity contribution in [3.63, 3.8) is 0 Å². The van der Waals surface area contributed by atoms with Gasteiger partial charge in [0.15, 0.2) is 0 Å². The van der Waals surface area contributed by atoms with Gasteiger partial charge < -0.3 is 5.32 Å². The highest BCUT2D eigenvalue weighted by Crippen LogP contribution is 2.29. The molecule has 1 heteroatoms. The molecule has 1 aromatic rings. The summed E-state index contributed by atoms with van der Waals surface area (Å²) in [5.74, 6) is 0. The number of rotatable bonds is 7. The molecule has 1 unspecified atom stereocenters. The van der Waals surface area contributed by atoms with Gasteiger partial charge in [-0.1, -0.05) is 44.5 Å². The lowest BCUT2D eigenvalue weighted by molar-refractivity contribution is 0.286. The van der Waals surface area contributed by atoms with E-state index in [9.17, 15) is 0 Å². The summed E-state index contributed by atoms with van der Waals surface area (Å²) >= 11 is 0. The lowest BCUT2D eigenvalue weighted by Gasteiger charge is -2.29. The molecule has 0 saturated carbocycles. The SMILES string of the molecule is CCCNC(C)CC(C)(C)Cc1cc(C)ccc1C. The number of hydrogen-bond acceptors (Lipinski definition) is 1. The van der Waals surface area contributed by atoms with E-state index in [0.29, 0.717) is 11.5 Å². The average Bonchev–Trinajstić information content (AvgIpc) is 2.30. The molecule has 1 nitrogen and oxygen atoms in total. The fourth-order valence-electron chi connectivity index (χ4n) is 2.87. The second-order valence-corrected chi connectivity index (χ2v) is 6.83. The zero-order valence-corrected chi connectivity index (χ0v) is 13.6. The van der Waals surface area contributed by atoms with Gasteiger partial charge in [-0.15, -0.1) is 0 Å². The van der Waals surface area contributed by atoms with E-state index in [1.54, 1.807) is 0 Å². The molecule has 0 aliphatic heterocycles. The fraction of sp³-hybridized carbons (Fsp3) is 0.667. The van der Waals surface area contributed by atoms with Crippen LogP contribution in [0.3, 0.4) is 0 Å². The van der Waals surface area contributed by atoms with Crippen LogP contribution in [0.5, 0.6) is 0 Å². The van der Waals surface area contributed by atoms with E-state index in [-0.39, 0.29) is 0 Å². The molecule has 1 rings (SSSR count). The Labute approximate surface area is 119 Å². The van der Waals surface area contributed by atoms with Crippen LogP contribution in [0.15, 0.2) is 18.2 Å². The van der Waals surface area contributed by atoms with Crippen molar-refractivity contribution in [1.82, 2.24) is 5.32 Å². The maximum absolute atomic E-state index is 3.60. The summed E-state index contributed by atoms with van der Waals surface area (Å²) in [5, 5.41) is 3.60. The van der Waals surface area contributed by atoms with E-state index in [1.165, 1.54) is 36.0 Å². The second-order valence-electron chi connectivity index (χ2n) is 6.83. The van der Waals surface area contributed by atoms with Crippen molar-refractivity contribution in [2.45, 2.75) is 66.8 Å². The molecule has 1 N–H and O–H groups in total. The van der Waals surface area contributed by atoms with Crippen molar-refractivity contribution in [2.24, 2.45) is 5.41 Å². The Morgan fingerprint density at radius 1 is 1.21 bits per heavy atom. The Morgan fingerprint density at radius 2 is 1.89 bits per heavy atom. The van der Waals surface area contributed by atoms with Crippen LogP contribution in [0, 0.1) is 19.3 Å². The molecule has 0 aliphatic rings. The van der Waals surface area contributed by atoms with Crippen LogP contribution in [-0.2, 0) is 6.42 Å². The first kappa shape index (κ1) is 16.2. The van der Waals surface area contributed by atoms with Crippen molar-refractivity contribution >= 4 is 0 Å². The molecule has 0 saturated heterocycles. The molecular weight excluding hydrogens is 230 g/mol. The molecule has 108 valence electrons. The summed E-state index contributed by atoms with van der Waals surface area (Å²) < 4.78 is 0. The normalized spacial score (nSPS) is 13.6. The lowest BCUT2D eigenvalue weighted by Crippen LogP contribution is -2.32. The summed E-state index contributed by atoms with van der Waals surface area (Å²) in [7, 11) is 0. The summed E-state index contributed by atoms with van der Waals surface area (Å²) in [6.07, 6.45) is 3.60. The van der Waals surface area contributed by atoms with Crippen LogP contribution in [-0.4, -0.2) is 12.6 Å². The molecule has 0 spiro atoms. The van der Waals surface area contributed by atoms with Crippen molar-refractivity contribution in [3.05, 3.63) is 34.9 Å². The minimum atomic E-state index is 0.346. The highest BCUT2D eigenvalue weighted by atomic mass is 14.9. The van der Waals surface area contributed by atoms with E-state index in [1.807, 2.05) is 0 Å². The Balaban J connectivity index is 2.65. The Morgan fingerprint density at radius 3 is 2.53 bits per heavy atom. The van der Waals surface area contributed by atoms with Gasteiger partial charge in [0.1, 0.15) is 0 Å². The smallest absolute Gasteiger partial charge is 0.00439 e. The standard InChI is InChI=1S/C18H31N/c1-7-10-19-16(4)12-18(5,6)13-17-11-14(2)8-9-15(17)3/h8-9,11,16,19H,7,10,12-13H2,1-6H3. The first-order chi connectivity index (χ1) is 8.84. The van der Waals surface area contributed by atoms with Gasteiger partial charge in [0.25, 0.3) is 0 Å². The minimum Gasteiger partial charge on any atom is -0.314 e. The van der Waals surface area contributed by atoms with Crippen LogP contribution in [0.2, 0.25) is 0 Å². The Hall–Kier alpha value is -0.820. The van der Waals surface area contributed by atoms with Crippen molar-refractivity contribution < 1.29 is 0 Å². The third-order valence-corrected chi connectivity index (χ3v) is 3.78. The quantitative estimate of drug-likeness (QED) is 0.753. The Kier molecular flexibility index (Phi) is 6.06. The summed E-state index contributed by atoms with van der Waals surface area (Å²) in [5.41, 5.74) is 4.65. The minimum absolute atomic E-state index is 0.346. The van der Waals surface area contributed by atoms with Gasteiger partial charge in [0.2, 0.25) is 0 Å². The van der Waals surface area contributed by atoms with Crippen molar-refractivity contribution in [2.75, 3.05) is 6.54 Å². The molecule has 19 heavy (non-hydrogen) atoms. The molecule has 0 radical (unpaired) electrons. The Bertz CT molecular complexity index is 393. The maximum atomic E-state index is 3.60. The molecule has 1 aromatic carbocycles. The van der Waals surface area contributed by atoms with Crippen LogP contribution >= 0.6 is 0 Å². The van der Waals surface area contributed by atoms with Gasteiger partial charge in [-0.05, 0) is 63.1 Å². The molecule has 0 aromatic heterocycles. The van der Waals surface area contributed by atoms with E-state index in [2.05, 4.69) is 65.1 Å². The van der Waals surface area contributed by atoms with Crippen LogP contribution in [0.1, 0.15) is 57.2 Å². The number of nitrogens with one attached hydrogen (secondary N) is 1. The molecule has 0 bridgehead atoms. The molecule has 0 aliphatic carbocycles. The third kappa shape index (κ3) is 5.78. The van der Waals surface area contributed by atoms with Crippen LogP contribution < -0.4 is 5.32 Å². The van der Waals surface area contributed by atoms with Crippen LogP contribution in [0.25, 0.3) is 0 Å². The van der Waals surface area contributed by atoms with E-state index in [0.717, 1.165) is 6.54 Å². The monoisotopic (exact) mass is 261 g/mol. The molecule has 0 fully saturated rings. The summed E-state index contributed by atoms with van der Waals surface area (Å²) in [4.78, 5) is 0. The summed E-state index contributed by atoms with van der Waals surface area (Å²) in [6, 6.07) is 7.40. The van der Waals surface area contributed by atoms with Gasteiger partial charge in [0.05, 0.1) is 0 Å². The van der Waals surface area contributed by atoms with Crippen LogP contribution in [0.4, 0.5) is 0 Å². The first-order valence-electron chi connectivity index (χ1n) is 7.63. The number of aryl methyl sites for hydroxylation is 2. The van der Waals surface area contributed by atoms with Gasteiger partial charge >= 0.3 is 0 Å². The van der Waals surface area contributed by atoms with E-state index >= 15 is 0 Å². The summed E-state index contributed by atoms with van der Waals surface area (Å²) in [6.45, 7) is 14.8. The topological polar surface area (TPSA) is 12.0 Å². The van der Waals surface area contributed by atoms with Gasteiger partial charge in [0, 0.05) is 6.04 Å². The number of benzene rings is 1. The highest BCUT2D eigenvalue weighted by Gasteiger charge is 2.22. The molecule has 1 atom stereocenters. The molecule has 0 amide bonds. The van der Waals surface area contributed by atoms with Crippen molar-refractivity contribution in [3.8, 4) is 0 Å². The largest absolute Gasteiger partial charge is 0.314 e. The van der Waals surface area contributed by atoms with E-state index < -0.39 is 0 Å². The van der Waals surface area contributed by atoms with Gasteiger partial charge in [-0.3, -0.25) is 0 Å². The number of hydrogen-bond donors (Lipinski definition) is 1.